The lowest BCUT2D eigenvalue weighted by molar-refractivity contribution is -0.146. The number of hydrogen-bond donors (Lipinski definition) is 3. The van der Waals surface area contributed by atoms with Crippen LogP contribution in [0.1, 0.15) is 48.7 Å². The zero-order valence-electron chi connectivity index (χ0n) is 23.3. The molecule has 1 spiro atoms. The summed E-state index contributed by atoms with van der Waals surface area (Å²) in [6.45, 7) is 5.59. The number of methoxy groups -OCH3 is 1. The molecule has 5 rings (SSSR count). The number of rotatable bonds is 8. The Kier molecular flexibility index (Phi) is 7.44. The van der Waals surface area contributed by atoms with E-state index in [-0.39, 0.29) is 36.8 Å². The maximum Gasteiger partial charge on any atom is 0.264 e. The minimum atomic E-state index is -1.26. The highest BCUT2D eigenvalue weighted by Gasteiger charge is 2.65. The average molecular weight is 545 g/mol. The second-order valence-corrected chi connectivity index (χ2v) is 11.2. The van der Waals surface area contributed by atoms with E-state index in [1.54, 1.807) is 50.1 Å². The quantitative estimate of drug-likeness (QED) is 0.386. The Labute approximate surface area is 234 Å². The van der Waals surface area contributed by atoms with Gasteiger partial charge in [0.05, 0.1) is 31.0 Å². The number of nitrogens with one attached hydrogen (secondary N) is 1. The Balaban J connectivity index is 1.42. The van der Waals surface area contributed by atoms with Crippen LogP contribution in [-0.4, -0.2) is 47.4 Å². The number of nitrogens with zero attached hydrogens (tertiary/aromatic N) is 1. The third kappa shape index (κ3) is 4.76. The van der Waals surface area contributed by atoms with Crippen molar-refractivity contribution < 1.29 is 29.3 Å². The van der Waals surface area contributed by atoms with Gasteiger partial charge in [0.15, 0.2) is 5.60 Å². The van der Waals surface area contributed by atoms with E-state index in [4.69, 9.17) is 9.47 Å². The summed E-state index contributed by atoms with van der Waals surface area (Å²) in [6, 6.07) is 21.9. The highest BCUT2D eigenvalue weighted by atomic mass is 16.5. The van der Waals surface area contributed by atoms with Gasteiger partial charge in [-0.15, -0.1) is 0 Å². The van der Waals surface area contributed by atoms with Gasteiger partial charge in [-0.1, -0.05) is 37.3 Å². The van der Waals surface area contributed by atoms with E-state index in [1.807, 2.05) is 55.5 Å². The lowest BCUT2D eigenvalue weighted by atomic mass is 9.71. The van der Waals surface area contributed by atoms with Crippen molar-refractivity contribution >= 4 is 23.2 Å². The maximum absolute atomic E-state index is 14.3. The van der Waals surface area contributed by atoms with Crippen molar-refractivity contribution in [3.8, 4) is 5.75 Å². The largest absolute Gasteiger partial charge is 0.497 e. The second-order valence-electron chi connectivity index (χ2n) is 11.2. The van der Waals surface area contributed by atoms with Crippen LogP contribution < -0.4 is 15.0 Å². The molecule has 0 unspecified atom stereocenters. The SMILES string of the molecule is COc1ccc(C(=O)Nc2cccc(CN3C(=O)[C@@]4(O[C@@H](CCO)[C@H](C(C)(C)O)[C@H]4C)c4ccccc43)c2)cc1. The summed E-state index contributed by atoms with van der Waals surface area (Å²) in [7, 11) is 1.57. The van der Waals surface area contributed by atoms with Crippen LogP contribution in [0.5, 0.6) is 5.75 Å². The Hall–Kier alpha value is -3.72. The van der Waals surface area contributed by atoms with Crippen LogP contribution >= 0.6 is 0 Å². The van der Waals surface area contributed by atoms with Crippen molar-refractivity contribution in [2.24, 2.45) is 11.8 Å². The van der Waals surface area contributed by atoms with Crippen LogP contribution in [0.2, 0.25) is 0 Å². The second kappa shape index (κ2) is 10.7. The van der Waals surface area contributed by atoms with Gasteiger partial charge in [0.2, 0.25) is 0 Å². The van der Waals surface area contributed by atoms with Gasteiger partial charge in [-0.2, -0.15) is 0 Å². The molecular weight excluding hydrogens is 508 g/mol. The van der Waals surface area contributed by atoms with Crippen molar-refractivity contribution in [1.29, 1.82) is 0 Å². The molecule has 40 heavy (non-hydrogen) atoms. The van der Waals surface area contributed by atoms with Crippen molar-refractivity contribution in [3.63, 3.8) is 0 Å². The molecular formula is C32H36N2O6. The van der Waals surface area contributed by atoms with Crippen molar-refractivity contribution in [3.05, 3.63) is 89.5 Å². The molecule has 3 N–H and O–H groups in total. The fourth-order valence-corrected chi connectivity index (χ4v) is 6.46. The maximum atomic E-state index is 14.3. The number of aliphatic hydroxyl groups excluding tert-OH is 1. The third-order valence-electron chi connectivity index (χ3n) is 8.18. The summed E-state index contributed by atoms with van der Waals surface area (Å²) < 4.78 is 11.7. The fourth-order valence-electron chi connectivity index (χ4n) is 6.46. The first-order valence-electron chi connectivity index (χ1n) is 13.6. The standard InChI is InChI=1S/C32H36N2O6/c1-20-28(31(2,3)38)27(16-17-35)40-32(20)25-10-5-6-11-26(25)34(30(32)37)19-21-8-7-9-23(18-21)33-29(36)22-12-14-24(39-4)15-13-22/h5-15,18,20,27-28,35,38H,16-17,19H2,1-4H3,(H,33,36)/t20-,27+,28-,32+/m1/s1. The number of anilines is 2. The number of para-hydroxylation sites is 1. The van der Waals surface area contributed by atoms with Crippen LogP contribution in [0.15, 0.2) is 72.8 Å². The number of benzene rings is 3. The van der Waals surface area contributed by atoms with E-state index in [0.717, 1.165) is 16.8 Å². The molecule has 0 bridgehead atoms. The number of ether oxygens (including phenoxy) is 2. The molecule has 8 nitrogen and oxygen atoms in total. The first-order chi connectivity index (χ1) is 19.1. The number of fused-ring (bicyclic) bond motifs is 2. The molecule has 4 atom stereocenters. The molecule has 2 aliphatic heterocycles. The number of amides is 2. The van der Waals surface area contributed by atoms with E-state index >= 15 is 0 Å². The molecule has 2 amide bonds. The molecule has 1 saturated heterocycles. The molecule has 1 fully saturated rings. The molecule has 210 valence electrons. The summed E-state index contributed by atoms with van der Waals surface area (Å²) in [4.78, 5) is 28.8. The Morgan fingerprint density at radius 1 is 1.10 bits per heavy atom. The molecule has 0 aromatic heterocycles. The van der Waals surface area contributed by atoms with Crippen LogP contribution in [-0.2, 0) is 21.7 Å². The summed E-state index contributed by atoms with van der Waals surface area (Å²) >= 11 is 0. The van der Waals surface area contributed by atoms with E-state index in [0.29, 0.717) is 23.4 Å². The van der Waals surface area contributed by atoms with Crippen LogP contribution in [0.25, 0.3) is 0 Å². The highest BCUT2D eigenvalue weighted by Crippen LogP contribution is 2.57. The fraction of sp³-hybridized carbons (Fsp3) is 0.375. The minimum absolute atomic E-state index is 0.103. The lowest BCUT2D eigenvalue weighted by Crippen LogP contribution is -2.46. The van der Waals surface area contributed by atoms with Crippen molar-refractivity contribution in [1.82, 2.24) is 0 Å². The Bertz CT molecular complexity index is 1400. The van der Waals surface area contributed by atoms with Crippen LogP contribution in [0, 0.1) is 11.8 Å². The van der Waals surface area contributed by atoms with Gasteiger partial charge in [0, 0.05) is 35.3 Å². The predicted molar refractivity (Wildman–Crippen MR) is 152 cm³/mol. The van der Waals surface area contributed by atoms with Gasteiger partial charge in [-0.05, 0) is 68.3 Å². The minimum Gasteiger partial charge on any atom is -0.497 e. The molecule has 2 heterocycles. The molecule has 0 radical (unpaired) electrons. The number of carbonyl (C=O) groups excluding carboxylic acids is 2. The topological polar surface area (TPSA) is 108 Å². The number of aliphatic hydroxyl groups is 2. The van der Waals surface area contributed by atoms with Gasteiger partial charge < -0.3 is 29.9 Å². The van der Waals surface area contributed by atoms with Gasteiger partial charge in [0.1, 0.15) is 5.75 Å². The molecule has 0 saturated carbocycles. The number of hydrogen-bond acceptors (Lipinski definition) is 6. The van der Waals surface area contributed by atoms with Gasteiger partial charge >= 0.3 is 0 Å². The van der Waals surface area contributed by atoms with Gasteiger partial charge in [0.25, 0.3) is 11.8 Å². The van der Waals surface area contributed by atoms with E-state index in [9.17, 15) is 19.8 Å². The molecule has 8 heteroatoms. The average Bonchev–Trinajstić information content (AvgIpc) is 3.36. The smallest absolute Gasteiger partial charge is 0.264 e. The first-order valence-corrected chi connectivity index (χ1v) is 13.6. The molecule has 2 aliphatic rings. The lowest BCUT2D eigenvalue weighted by Gasteiger charge is -2.34. The van der Waals surface area contributed by atoms with E-state index < -0.39 is 17.3 Å². The summed E-state index contributed by atoms with van der Waals surface area (Å²) in [5, 5.41) is 23.7. The first kappa shape index (κ1) is 27.8. The zero-order chi connectivity index (χ0) is 28.7. The van der Waals surface area contributed by atoms with Gasteiger partial charge in [-0.25, -0.2) is 0 Å². The number of carbonyl (C=O) groups is 2. The summed E-state index contributed by atoms with van der Waals surface area (Å²) in [6.07, 6.45) is -0.153. The van der Waals surface area contributed by atoms with E-state index in [1.165, 1.54) is 0 Å². The van der Waals surface area contributed by atoms with Crippen LogP contribution in [0.3, 0.4) is 0 Å². The Morgan fingerprint density at radius 2 is 1.82 bits per heavy atom. The third-order valence-corrected chi connectivity index (χ3v) is 8.18. The predicted octanol–water partition coefficient (Wildman–Crippen LogP) is 4.49. The normalized spacial score (nSPS) is 23.9. The van der Waals surface area contributed by atoms with E-state index in [2.05, 4.69) is 5.32 Å². The monoisotopic (exact) mass is 544 g/mol. The molecule has 3 aromatic rings. The van der Waals surface area contributed by atoms with Crippen molar-refractivity contribution in [2.45, 2.75) is 51.0 Å². The molecule has 0 aliphatic carbocycles. The van der Waals surface area contributed by atoms with Crippen LogP contribution in [0.4, 0.5) is 11.4 Å². The highest BCUT2D eigenvalue weighted by molar-refractivity contribution is 6.07. The van der Waals surface area contributed by atoms with Crippen molar-refractivity contribution in [2.75, 3.05) is 23.9 Å². The zero-order valence-corrected chi connectivity index (χ0v) is 23.3. The summed E-state index contributed by atoms with van der Waals surface area (Å²) in [5.41, 5.74) is 1.11. The van der Waals surface area contributed by atoms with Gasteiger partial charge in [-0.3, -0.25) is 9.59 Å². The Morgan fingerprint density at radius 3 is 2.50 bits per heavy atom. The summed E-state index contributed by atoms with van der Waals surface area (Å²) in [5.74, 6) is -0.458. The molecule has 3 aromatic carbocycles.